The van der Waals surface area contributed by atoms with Crippen LogP contribution in [0.3, 0.4) is 0 Å². The standard InChI is InChI=1S/C9H12F3N3OS/c10-9(11,12)7-14-8(17-15-7)13-6-3-1-2-5(6)4-16/h5-6,16H,1-4H2,(H,13,14,15). The molecule has 2 atom stereocenters. The topological polar surface area (TPSA) is 58.0 Å². The third-order valence-corrected chi connectivity index (χ3v) is 3.53. The van der Waals surface area contributed by atoms with Crippen molar-refractivity contribution in [2.75, 3.05) is 11.9 Å². The number of nitrogens with one attached hydrogen (secondary N) is 1. The van der Waals surface area contributed by atoms with E-state index in [1.807, 2.05) is 0 Å². The highest BCUT2D eigenvalue weighted by Gasteiger charge is 2.36. The zero-order valence-electron chi connectivity index (χ0n) is 8.87. The van der Waals surface area contributed by atoms with Gasteiger partial charge in [0.1, 0.15) is 0 Å². The largest absolute Gasteiger partial charge is 0.452 e. The first kappa shape index (κ1) is 12.6. The van der Waals surface area contributed by atoms with Gasteiger partial charge in [0, 0.05) is 30.1 Å². The highest BCUT2D eigenvalue weighted by atomic mass is 32.1. The van der Waals surface area contributed by atoms with Crippen LogP contribution >= 0.6 is 11.5 Å². The summed E-state index contributed by atoms with van der Waals surface area (Å²) in [6.07, 6.45) is -1.80. The summed E-state index contributed by atoms with van der Waals surface area (Å²) in [5.74, 6) is -1.02. The van der Waals surface area contributed by atoms with E-state index in [1.54, 1.807) is 0 Å². The molecule has 0 spiro atoms. The van der Waals surface area contributed by atoms with Crippen LogP contribution in [0.5, 0.6) is 0 Å². The molecule has 0 saturated heterocycles. The molecular weight excluding hydrogens is 255 g/mol. The lowest BCUT2D eigenvalue weighted by Crippen LogP contribution is -2.26. The minimum atomic E-state index is -4.50. The number of aromatic nitrogens is 2. The van der Waals surface area contributed by atoms with Crippen LogP contribution in [0.2, 0.25) is 0 Å². The van der Waals surface area contributed by atoms with Gasteiger partial charge in [0.15, 0.2) is 0 Å². The van der Waals surface area contributed by atoms with Crippen molar-refractivity contribution < 1.29 is 18.3 Å². The minimum absolute atomic E-state index is 0.00552. The first-order chi connectivity index (χ1) is 8.00. The molecule has 1 aliphatic carbocycles. The number of rotatable bonds is 3. The molecule has 0 aliphatic heterocycles. The van der Waals surface area contributed by atoms with Crippen molar-refractivity contribution in [1.82, 2.24) is 9.36 Å². The maximum Gasteiger partial charge on any atom is 0.452 e. The molecule has 1 aromatic rings. The maximum absolute atomic E-state index is 12.3. The van der Waals surface area contributed by atoms with Gasteiger partial charge in [-0.3, -0.25) is 0 Å². The molecule has 1 aliphatic rings. The van der Waals surface area contributed by atoms with Crippen LogP contribution in [0.25, 0.3) is 0 Å². The molecular formula is C9H12F3N3OS. The van der Waals surface area contributed by atoms with Crippen molar-refractivity contribution >= 4 is 16.7 Å². The molecule has 4 nitrogen and oxygen atoms in total. The molecule has 2 N–H and O–H groups in total. The molecule has 0 bridgehead atoms. The third kappa shape index (κ3) is 2.86. The molecule has 0 amide bonds. The number of aliphatic hydroxyl groups excluding tert-OH is 1. The van der Waals surface area contributed by atoms with E-state index < -0.39 is 12.0 Å². The molecule has 1 fully saturated rings. The number of alkyl halides is 3. The van der Waals surface area contributed by atoms with E-state index in [0.717, 1.165) is 19.3 Å². The second-order valence-electron chi connectivity index (χ2n) is 4.05. The molecule has 1 heterocycles. The molecule has 2 rings (SSSR count). The SMILES string of the molecule is OCC1CCCC1Nc1nc(C(F)(F)F)ns1. The van der Waals surface area contributed by atoms with Gasteiger partial charge in [-0.25, -0.2) is 0 Å². The van der Waals surface area contributed by atoms with Crippen LogP contribution in [-0.2, 0) is 6.18 Å². The number of aliphatic hydroxyl groups is 1. The molecule has 1 aromatic heterocycles. The normalized spacial score (nSPS) is 25.2. The quantitative estimate of drug-likeness (QED) is 0.880. The average Bonchev–Trinajstić information content (AvgIpc) is 2.86. The number of hydrogen-bond acceptors (Lipinski definition) is 5. The second-order valence-corrected chi connectivity index (χ2v) is 4.80. The van der Waals surface area contributed by atoms with Crippen LogP contribution in [0, 0.1) is 5.92 Å². The van der Waals surface area contributed by atoms with Crippen molar-refractivity contribution in [3.05, 3.63) is 5.82 Å². The van der Waals surface area contributed by atoms with Gasteiger partial charge < -0.3 is 10.4 Å². The predicted octanol–water partition coefficient (Wildman–Crippen LogP) is 2.13. The van der Waals surface area contributed by atoms with E-state index in [0.29, 0.717) is 11.5 Å². The summed E-state index contributed by atoms with van der Waals surface area (Å²) in [7, 11) is 0. The Labute approximate surface area is 100 Å². The van der Waals surface area contributed by atoms with Crippen LogP contribution < -0.4 is 5.32 Å². The second kappa shape index (κ2) is 4.77. The Morgan fingerprint density at radius 2 is 2.18 bits per heavy atom. The average molecular weight is 267 g/mol. The van der Waals surface area contributed by atoms with Gasteiger partial charge in [0.2, 0.25) is 11.0 Å². The molecule has 1 saturated carbocycles. The van der Waals surface area contributed by atoms with E-state index in [1.165, 1.54) is 0 Å². The first-order valence-corrected chi connectivity index (χ1v) is 6.06. The number of hydrogen-bond donors (Lipinski definition) is 2. The van der Waals surface area contributed by atoms with Gasteiger partial charge in [-0.2, -0.15) is 22.5 Å². The first-order valence-electron chi connectivity index (χ1n) is 5.29. The summed E-state index contributed by atoms with van der Waals surface area (Å²) in [6, 6.07) is -0.00552. The lowest BCUT2D eigenvalue weighted by Gasteiger charge is -2.17. The number of nitrogens with zero attached hydrogens (tertiary/aromatic N) is 2. The lowest BCUT2D eigenvalue weighted by molar-refractivity contribution is -0.144. The molecule has 2 unspecified atom stereocenters. The fourth-order valence-electron chi connectivity index (χ4n) is 2.00. The molecule has 8 heteroatoms. The number of halogens is 3. The van der Waals surface area contributed by atoms with Crippen molar-refractivity contribution in [3.8, 4) is 0 Å². The zero-order valence-corrected chi connectivity index (χ0v) is 9.68. The molecule has 0 aromatic carbocycles. The van der Waals surface area contributed by atoms with E-state index in [2.05, 4.69) is 14.7 Å². The Hall–Kier alpha value is -0.890. The fourth-order valence-corrected chi connectivity index (χ4v) is 2.65. The predicted molar refractivity (Wildman–Crippen MR) is 56.7 cm³/mol. The van der Waals surface area contributed by atoms with E-state index in [4.69, 9.17) is 5.11 Å². The maximum atomic E-state index is 12.3. The van der Waals surface area contributed by atoms with E-state index in [-0.39, 0.29) is 23.7 Å². The highest BCUT2D eigenvalue weighted by Crippen LogP contribution is 2.32. The summed E-state index contributed by atoms with van der Waals surface area (Å²) >= 11 is 0.702. The van der Waals surface area contributed by atoms with Crippen molar-refractivity contribution in [2.45, 2.75) is 31.5 Å². The van der Waals surface area contributed by atoms with E-state index in [9.17, 15) is 13.2 Å². The van der Waals surface area contributed by atoms with Gasteiger partial charge in [0.05, 0.1) is 0 Å². The van der Waals surface area contributed by atoms with Crippen LogP contribution in [0.1, 0.15) is 25.1 Å². The van der Waals surface area contributed by atoms with Crippen molar-refractivity contribution in [2.24, 2.45) is 5.92 Å². The van der Waals surface area contributed by atoms with Crippen molar-refractivity contribution in [1.29, 1.82) is 0 Å². The Balaban J connectivity index is 2.02. The zero-order chi connectivity index (χ0) is 12.5. The lowest BCUT2D eigenvalue weighted by atomic mass is 10.1. The summed E-state index contributed by atoms with van der Waals surface area (Å²) in [5, 5.41) is 12.2. The Morgan fingerprint density at radius 3 is 2.76 bits per heavy atom. The smallest absolute Gasteiger partial charge is 0.396 e. The minimum Gasteiger partial charge on any atom is -0.396 e. The van der Waals surface area contributed by atoms with Gasteiger partial charge in [-0.05, 0) is 12.8 Å². The van der Waals surface area contributed by atoms with Crippen LogP contribution in [0.4, 0.5) is 18.3 Å². The highest BCUT2D eigenvalue weighted by molar-refractivity contribution is 7.09. The van der Waals surface area contributed by atoms with Gasteiger partial charge in [-0.1, -0.05) is 6.42 Å². The Morgan fingerprint density at radius 1 is 1.41 bits per heavy atom. The molecule has 17 heavy (non-hydrogen) atoms. The van der Waals surface area contributed by atoms with Gasteiger partial charge >= 0.3 is 6.18 Å². The summed E-state index contributed by atoms with van der Waals surface area (Å²) in [6.45, 7) is 0.0442. The van der Waals surface area contributed by atoms with Gasteiger partial charge in [0.25, 0.3) is 0 Å². The van der Waals surface area contributed by atoms with Crippen LogP contribution in [0.15, 0.2) is 0 Å². The van der Waals surface area contributed by atoms with E-state index >= 15 is 0 Å². The fraction of sp³-hybridized carbons (Fsp3) is 0.778. The Bertz CT molecular complexity index is 382. The Kier molecular flexibility index (Phi) is 3.53. The van der Waals surface area contributed by atoms with Crippen molar-refractivity contribution in [3.63, 3.8) is 0 Å². The van der Waals surface area contributed by atoms with Crippen LogP contribution in [-0.4, -0.2) is 27.1 Å². The van der Waals surface area contributed by atoms with Gasteiger partial charge in [-0.15, -0.1) is 0 Å². The third-order valence-electron chi connectivity index (χ3n) is 2.88. The number of anilines is 1. The molecule has 96 valence electrons. The summed E-state index contributed by atoms with van der Waals surface area (Å²) in [5.41, 5.74) is 0. The molecule has 0 radical (unpaired) electrons. The monoisotopic (exact) mass is 267 g/mol. The summed E-state index contributed by atoms with van der Waals surface area (Å²) < 4.78 is 40.1. The summed E-state index contributed by atoms with van der Waals surface area (Å²) in [4.78, 5) is 3.40.